The summed E-state index contributed by atoms with van der Waals surface area (Å²) in [4.78, 5) is 2.51. The molecule has 0 N–H and O–H groups in total. The van der Waals surface area contributed by atoms with Gasteiger partial charge in [0.1, 0.15) is 0 Å². The highest BCUT2D eigenvalue weighted by molar-refractivity contribution is 7.26. The highest BCUT2D eigenvalue weighted by Gasteiger charge is 2.24. The van der Waals surface area contributed by atoms with Crippen molar-refractivity contribution >= 4 is 124 Å². The number of anilines is 3. The predicted octanol–water partition coefficient (Wildman–Crippen LogP) is 16.4. The molecule has 2 heterocycles. The molecule has 11 aromatic carbocycles. The normalized spacial score (nSPS) is 12.1. The average molecular weight is 767 g/mol. The van der Waals surface area contributed by atoms with Crippen LogP contribution >= 0.6 is 11.3 Å². The molecule has 0 aliphatic carbocycles. The summed E-state index contributed by atoms with van der Waals surface area (Å²) < 4.78 is 5.10. The Bertz CT molecular complexity index is 3820. The summed E-state index contributed by atoms with van der Waals surface area (Å²) in [7, 11) is 0. The van der Waals surface area contributed by atoms with Crippen LogP contribution in [0.1, 0.15) is 0 Å². The molecule has 0 saturated carbocycles. The zero-order valence-electron chi connectivity index (χ0n) is 31.9. The van der Waals surface area contributed by atoms with E-state index in [1.54, 1.807) is 0 Å². The molecule has 0 saturated heterocycles. The van der Waals surface area contributed by atoms with Crippen molar-refractivity contribution in [2.45, 2.75) is 0 Å². The minimum absolute atomic E-state index is 1.12. The maximum Gasteiger partial charge on any atom is 0.0620 e. The van der Waals surface area contributed by atoms with Gasteiger partial charge in [-0.25, -0.2) is 0 Å². The molecule has 0 aliphatic heterocycles. The van der Waals surface area contributed by atoms with Crippen molar-refractivity contribution in [3.05, 3.63) is 206 Å². The highest BCUT2D eigenvalue weighted by Crippen LogP contribution is 2.48. The molecule has 0 fully saturated rings. The van der Waals surface area contributed by atoms with Gasteiger partial charge in [-0.2, -0.15) is 0 Å². The molecular weight excluding hydrogens is 733 g/mol. The lowest BCUT2D eigenvalue weighted by Gasteiger charge is -2.27. The van der Waals surface area contributed by atoms with E-state index in [0.29, 0.717) is 0 Å². The minimum Gasteiger partial charge on any atom is -0.310 e. The van der Waals surface area contributed by atoms with E-state index in [1.165, 1.54) is 95.8 Å². The second-order valence-electron chi connectivity index (χ2n) is 15.6. The Morgan fingerprint density at radius 2 is 0.898 bits per heavy atom. The molecule has 0 atom stereocenters. The summed E-state index contributed by atoms with van der Waals surface area (Å²) in [6.07, 6.45) is 0. The molecule has 13 aromatic rings. The molecule has 0 bridgehead atoms. The molecule has 3 heteroatoms. The number of para-hydroxylation sites is 1. The van der Waals surface area contributed by atoms with Gasteiger partial charge in [0.2, 0.25) is 0 Å². The number of hydrogen-bond donors (Lipinski definition) is 0. The molecule has 274 valence electrons. The summed E-state index contributed by atoms with van der Waals surface area (Å²) in [5, 5.41) is 17.7. The van der Waals surface area contributed by atoms with Gasteiger partial charge in [0.05, 0.1) is 16.7 Å². The van der Waals surface area contributed by atoms with Crippen LogP contribution in [0, 0.1) is 0 Å². The second-order valence-corrected chi connectivity index (χ2v) is 16.7. The lowest BCUT2D eigenvalue weighted by atomic mass is 9.94. The van der Waals surface area contributed by atoms with E-state index < -0.39 is 0 Å². The van der Waals surface area contributed by atoms with Crippen LogP contribution in [0.2, 0.25) is 0 Å². The van der Waals surface area contributed by atoms with Crippen LogP contribution in [0.3, 0.4) is 0 Å². The largest absolute Gasteiger partial charge is 0.310 e. The third-order valence-corrected chi connectivity index (χ3v) is 13.7. The van der Waals surface area contributed by atoms with Crippen LogP contribution in [0.4, 0.5) is 17.1 Å². The summed E-state index contributed by atoms with van der Waals surface area (Å²) in [5.41, 5.74) is 6.94. The van der Waals surface area contributed by atoms with E-state index in [2.05, 4.69) is 216 Å². The first-order chi connectivity index (χ1) is 29.3. The Morgan fingerprint density at radius 3 is 1.63 bits per heavy atom. The fourth-order valence-electron chi connectivity index (χ4n) is 9.93. The van der Waals surface area contributed by atoms with Crippen molar-refractivity contribution in [1.29, 1.82) is 0 Å². The van der Waals surface area contributed by atoms with Gasteiger partial charge < -0.3 is 9.47 Å². The average Bonchev–Trinajstić information content (AvgIpc) is 3.86. The van der Waals surface area contributed by atoms with Gasteiger partial charge in [-0.15, -0.1) is 11.3 Å². The van der Waals surface area contributed by atoms with E-state index in [0.717, 1.165) is 22.7 Å². The molecule has 0 radical (unpaired) electrons. The quantitative estimate of drug-likeness (QED) is 0.162. The Balaban J connectivity index is 1.16. The van der Waals surface area contributed by atoms with E-state index in [9.17, 15) is 0 Å². The number of rotatable bonds is 4. The Labute approximate surface area is 344 Å². The highest BCUT2D eigenvalue weighted by atomic mass is 32.1. The first-order valence-corrected chi connectivity index (χ1v) is 21.1. The number of nitrogens with zero attached hydrogens (tertiary/aromatic N) is 2. The Kier molecular flexibility index (Phi) is 6.92. The van der Waals surface area contributed by atoms with Gasteiger partial charge in [0.25, 0.3) is 0 Å². The molecule has 2 aromatic heterocycles. The third kappa shape index (κ3) is 4.74. The fraction of sp³-hybridized carbons (Fsp3) is 0. The van der Waals surface area contributed by atoms with Crippen LogP contribution < -0.4 is 4.90 Å². The molecule has 13 rings (SSSR count). The summed E-state index contributed by atoms with van der Waals surface area (Å²) in [6.45, 7) is 0. The van der Waals surface area contributed by atoms with Crippen molar-refractivity contribution in [3.8, 4) is 5.69 Å². The third-order valence-electron chi connectivity index (χ3n) is 12.5. The molecule has 59 heavy (non-hydrogen) atoms. The van der Waals surface area contributed by atoms with E-state index in [-0.39, 0.29) is 0 Å². The van der Waals surface area contributed by atoms with Crippen molar-refractivity contribution < 1.29 is 0 Å². The first-order valence-electron chi connectivity index (χ1n) is 20.3. The van der Waals surface area contributed by atoms with Gasteiger partial charge in [0, 0.05) is 53.4 Å². The van der Waals surface area contributed by atoms with E-state index in [4.69, 9.17) is 0 Å². The standard InChI is InChI=1S/C56H34N2S/c1-2-15-37(16-3-1)58-52-24-12-23-51(54(52)48-30-26-35-13-4-6-17-40(35)55(48)58)57(39-28-32-53-50(34-39)47-29-25-36-14-5-7-18-41(36)56(47)59-53)38-27-31-46-44-21-9-8-19-42(44)43-20-10-11-22-45(43)49(46)33-38/h1-34H. The summed E-state index contributed by atoms with van der Waals surface area (Å²) in [5.74, 6) is 0. The zero-order chi connectivity index (χ0) is 38.6. The van der Waals surface area contributed by atoms with Crippen LogP contribution in [0.5, 0.6) is 0 Å². The number of thiophene rings is 1. The van der Waals surface area contributed by atoms with E-state index >= 15 is 0 Å². The zero-order valence-corrected chi connectivity index (χ0v) is 32.7. The molecule has 2 nitrogen and oxygen atoms in total. The lowest BCUT2D eigenvalue weighted by Crippen LogP contribution is -2.10. The van der Waals surface area contributed by atoms with E-state index in [1.807, 2.05) is 11.3 Å². The van der Waals surface area contributed by atoms with Gasteiger partial charge in [-0.3, -0.25) is 0 Å². The second kappa shape index (κ2) is 12.5. The van der Waals surface area contributed by atoms with Crippen molar-refractivity contribution in [3.63, 3.8) is 0 Å². The minimum atomic E-state index is 1.12. The molecule has 0 aliphatic rings. The summed E-state index contributed by atoms with van der Waals surface area (Å²) >= 11 is 1.89. The maximum absolute atomic E-state index is 2.51. The number of hydrogen-bond acceptors (Lipinski definition) is 2. The first kappa shape index (κ1) is 32.6. The van der Waals surface area contributed by atoms with Crippen LogP contribution in [-0.2, 0) is 0 Å². The summed E-state index contributed by atoms with van der Waals surface area (Å²) in [6, 6.07) is 76.4. The monoisotopic (exact) mass is 766 g/mol. The van der Waals surface area contributed by atoms with Crippen LogP contribution in [-0.4, -0.2) is 4.57 Å². The van der Waals surface area contributed by atoms with Crippen LogP contribution in [0.15, 0.2) is 206 Å². The van der Waals surface area contributed by atoms with Gasteiger partial charge >= 0.3 is 0 Å². The molecule has 0 amide bonds. The lowest BCUT2D eigenvalue weighted by molar-refractivity contribution is 1.18. The number of aromatic nitrogens is 1. The van der Waals surface area contributed by atoms with Crippen molar-refractivity contribution in [2.24, 2.45) is 0 Å². The molecule has 0 spiro atoms. The predicted molar refractivity (Wildman–Crippen MR) is 256 cm³/mol. The molecule has 0 unspecified atom stereocenters. The van der Waals surface area contributed by atoms with Crippen molar-refractivity contribution in [1.82, 2.24) is 4.57 Å². The molecular formula is C56H34N2S. The van der Waals surface area contributed by atoms with Crippen molar-refractivity contribution in [2.75, 3.05) is 4.90 Å². The SMILES string of the molecule is c1ccc(-n2c3cccc(N(c4ccc5sc6c7ccccc7ccc6c5c4)c4ccc5c6ccccc6c6ccccc6c5c4)c3c3ccc4ccccc4c32)cc1. The smallest absolute Gasteiger partial charge is 0.0620 e. The van der Waals surface area contributed by atoms with Crippen LogP contribution in [0.25, 0.3) is 102 Å². The van der Waals surface area contributed by atoms with Gasteiger partial charge in [0.15, 0.2) is 0 Å². The Morgan fingerprint density at radius 1 is 0.356 bits per heavy atom. The topological polar surface area (TPSA) is 8.17 Å². The maximum atomic E-state index is 2.51. The number of benzene rings is 11. The number of fused-ring (bicyclic) bond motifs is 16. The van der Waals surface area contributed by atoms with Gasteiger partial charge in [-0.1, -0.05) is 152 Å². The Hall–Kier alpha value is -7.46. The van der Waals surface area contributed by atoms with Gasteiger partial charge in [-0.05, 0) is 103 Å². The fourth-order valence-corrected chi connectivity index (χ4v) is 11.2.